The van der Waals surface area contributed by atoms with Crippen LogP contribution in [0.5, 0.6) is 0 Å². The van der Waals surface area contributed by atoms with Crippen LogP contribution in [0.4, 0.5) is 0 Å². The van der Waals surface area contributed by atoms with E-state index in [0.717, 1.165) is 66.7 Å². The minimum atomic E-state index is 0.641. The van der Waals surface area contributed by atoms with Gasteiger partial charge in [-0.2, -0.15) is 0 Å². The largest absolute Gasteiger partial charge is 0.309 e. The van der Waals surface area contributed by atoms with Crippen molar-refractivity contribution in [2.75, 3.05) is 0 Å². The zero-order valence-corrected chi connectivity index (χ0v) is 31.2. The van der Waals surface area contributed by atoms with Crippen molar-refractivity contribution < 1.29 is 0 Å². The topological polar surface area (TPSA) is 60.9 Å². The summed E-state index contributed by atoms with van der Waals surface area (Å²) < 4.78 is 4.73. The van der Waals surface area contributed by atoms with Gasteiger partial charge >= 0.3 is 0 Å². The molecule has 0 spiro atoms. The van der Waals surface area contributed by atoms with Gasteiger partial charge in [0.1, 0.15) is 5.65 Å². The maximum atomic E-state index is 5.28. The van der Waals surface area contributed by atoms with Crippen molar-refractivity contribution in [2.24, 2.45) is 0 Å². The lowest BCUT2D eigenvalue weighted by Gasteiger charge is -2.12. The molecule has 0 bridgehead atoms. The molecule has 8 aromatic carbocycles. The third-order valence-electron chi connectivity index (χ3n) is 11.4. The first-order valence-electron chi connectivity index (χ1n) is 19.5. The number of hydrogen-bond acceptors (Lipinski definition) is 4. The second-order valence-corrected chi connectivity index (χ2v) is 14.7. The Morgan fingerprint density at radius 2 is 0.793 bits per heavy atom. The maximum absolute atomic E-state index is 5.28. The molecule has 0 fully saturated rings. The number of rotatable bonds is 5. The van der Waals surface area contributed by atoms with E-state index in [-0.39, 0.29) is 0 Å². The van der Waals surface area contributed by atoms with Gasteiger partial charge in [-0.3, -0.25) is 4.40 Å². The second-order valence-electron chi connectivity index (χ2n) is 14.7. The highest BCUT2D eigenvalue weighted by Crippen LogP contribution is 2.42. The second kappa shape index (κ2) is 12.8. The van der Waals surface area contributed by atoms with E-state index in [9.17, 15) is 0 Å². The molecule has 270 valence electrons. The quantitative estimate of drug-likeness (QED) is 0.165. The summed E-state index contributed by atoms with van der Waals surface area (Å²) in [7, 11) is 0. The Balaban J connectivity index is 0.967. The summed E-state index contributed by atoms with van der Waals surface area (Å²) in [5.41, 5.74) is 12.7. The molecule has 0 unspecified atom stereocenters. The molecule has 6 heteroatoms. The number of hydrogen-bond donors (Lipinski definition) is 0. The Kier molecular flexibility index (Phi) is 7.13. The Hall–Kier alpha value is -7.96. The van der Waals surface area contributed by atoms with Crippen LogP contribution in [0.3, 0.4) is 0 Å². The minimum Gasteiger partial charge on any atom is -0.309 e. The molecule has 58 heavy (non-hydrogen) atoms. The third kappa shape index (κ3) is 4.98. The lowest BCUT2D eigenvalue weighted by atomic mass is 10.0. The number of benzene rings is 8. The summed E-state index contributed by atoms with van der Waals surface area (Å²) in [5.74, 6) is 1.94. The fourth-order valence-corrected chi connectivity index (χ4v) is 8.68. The maximum Gasteiger partial charge on any atom is 0.164 e. The first-order valence-corrected chi connectivity index (χ1v) is 19.5. The van der Waals surface area contributed by atoms with Crippen molar-refractivity contribution in [1.29, 1.82) is 0 Å². The van der Waals surface area contributed by atoms with E-state index in [1.807, 2.05) is 60.7 Å². The van der Waals surface area contributed by atoms with Crippen LogP contribution < -0.4 is 0 Å². The Labute approximate surface area is 333 Å². The van der Waals surface area contributed by atoms with Crippen molar-refractivity contribution in [3.8, 4) is 51.0 Å². The number of fused-ring (bicyclic) bond motifs is 12. The van der Waals surface area contributed by atoms with E-state index in [2.05, 4.69) is 142 Å². The number of nitrogens with zero attached hydrogens (tertiary/aromatic N) is 6. The molecule has 0 aliphatic rings. The van der Waals surface area contributed by atoms with Crippen LogP contribution in [0.25, 0.3) is 111 Å². The van der Waals surface area contributed by atoms with Gasteiger partial charge < -0.3 is 4.57 Å². The summed E-state index contributed by atoms with van der Waals surface area (Å²) in [6.45, 7) is 0. The van der Waals surface area contributed by atoms with Gasteiger partial charge in [0.15, 0.2) is 17.5 Å². The Bertz CT molecular complexity index is 3470. The van der Waals surface area contributed by atoms with E-state index in [4.69, 9.17) is 19.9 Å². The van der Waals surface area contributed by atoms with Gasteiger partial charge in [-0.25, -0.2) is 19.9 Å². The zero-order valence-electron chi connectivity index (χ0n) is 31.2. The molecule has 0 radical (unpaired) electrons. The van der Waals surface area contributed by atoms with E-state index in [0.29, 0.717) is 17.5 Å². The molecule has 4 heterocycles. The number of para-hydroxylation sites is 4. The van der Waals surface area contributed by atoms with E-state index in [1.54, 1.807) is 0 Å². The Morgan fingerprint density at radius 3 is 1.45 bits per heavy atom. The first kappa shape index (κ1) is 32.3. The van der Waals surface area contributed by atoms with Crippen LogP contribution in [-0.4, -0.2) is 28.9 Å². The summed E-state index contributed by atoms with van der Waals surface area (Å²) in [6.07, 6.45) is 0. The van der Waals surface area contributed by atoms with Gasteiger partial charge in [-0.1, -0.05) is 152 Å². The molecule has 0 amide bonds. The van der Waals surface area contributed by atoms with Gasteiger partial charge in [0.05, 0.1) is 27.6 Å². The van der Waals surface area contributed by atoms with E-state index in [1.165, 1.54) is 26.9 Å². The summed E-state index contributed by atoms with van der Waals surface area (Å²) in [4.78, 5) is 20.0. The number of aromatic nitrogens is 6. The van der Waals surface area contributed by atoms with Gasteiger partial charge in [-0.05, 0) is 59.0 Å². The molecule has 0 saturated carbocycles. The van der Waals surface area contributed by atoms with Crippen LogP contribution in [0, 0.1) is 0 Å². The van der Waals surface area contributed by atoms with Crippen LogP contribution >= 0.6 is 0 Å². The predicted octanol–water partition coefficient (Wildman–Crippen LogP) is 12.7. The molecule has 0 aliphatic carbocycles. The predicted molar refractivity (Wildman–Crippen MR) is 237 cm³/mol. The zero-order chi connectivity index (χ0) is 38.2. The third-order valence-corrected chi connectivity index (χ3v) is 11.4. The lowest BCUT2D eigenvalue weighted by molar-refractivity contribution is 1.07. The Morgan fingerprint density at radius 1 is 0.293 bits per heavy atom. The molecule has 0 N–H and O–H groups in total. The average molecular weight is 741 g/mol. The molecule has 0 saturated heterocycles. The van der Waals surface area contributed by atoms with Crippen molar-refractivity contribution in [2.45, 2.75) is 0 Å². The monoisotopic (exact) mass is 740 g/mol. The van der Waals surface area contributed by atoms with Crippen LogP contribution in [-0.2, 0) is 0 Å². The lowest BCUT2D eigenvalue weighted by Crippen LogP contribution is -2.00. The SMILES string of the molecule is c1ccc(-c2nc(-c3ccccc3)nc(-c3ccc(-c4ccc(-n5c6ccccc6c6c7c(ccc65)c5ccccc5n5c6ccccc6nc75)cc4)cc3)n2)cc1. The fourth-order valence-electron chi connectivity index (χ4n) is 8.68. The van der Waals surface area contributed by atoms with Gasteiger partial charge in [0.25, 0.3) is 0 Å². The van der Waals surface area contributed by atoms with Crippen molar-refractivity contribution in [3.63, 3.8) is 0 Å². The van der Waals surface area contributed by atoms with Crippen LogP contribution in [0.1, 0.15) is 0 Å². The average Bonchev–Trinajstić information content (AvgIpc) is 3.86. The normalized spacial score (nSPS) is 11.8. The molecular weight excluding hydrogens is 709 g/mol. The highest BCUT2D eigenvalue weighted by molar-refractivity contribution is 6.29. The summed E-state index contributed by atoms with van der Waals surface area (Å²) in [5, 5.41) is 6.01. The van der Waals surface area contributed by atoms with Gasteiger partial charge in [-0.15, -0.1) is 0 Å². The van der Waals surface area contributed by atoms with E-state index >= 15 is 0 Å². The molecule has 0 atom stereocenters. The molecule has 12 aromatic rings. The highest BCUT2D eigenvalue weighted by atomic mass is 15.0. The number of pyridine rings is 1. The molecule has 4 aromatic heterocycles. The molecule has 12 rings (SSSR count). The summed E-state index contributed by atoms with van der Waals surface area (Å²) in [6, 6.07) is 67.9. The summed E-state index contributed by atoms with van der Waals surface area (Å²) >= 11 is 0. The first-order chi connectivity index (χ1) is 28.8. The van der Waals surface area contributed by atoms with Gasteiger partial charge in [0, 0.05) is 43.9 Å². The van der Waals surface area contributed by atoms with Gasteiger partial charge in [0.2, 0.25) is 0 Å². The van der Waals surface area contributed by atoms with Crippen LogP contribution in [0.2, 0.25) is 0 Å². The van der Waals surface area contributed by atoms with Crippen molar-refractivity contribution in [3.05, 3.63) is 194 Å². The molecular formula is C52H32N6. The highest BCUT2D eigenvalue weighted by Gasteiger charge is 2.21. The van der Waals surface area contributed by atoms with Crippen molar-refractivity contribution in [1.82, 2.24) is 28.9 Å². The minimum absolute atomic E-state index is 0.641. The van der Waals surface area contributed by atoms with Crippen LogP contribution in [0.15, 0.2) is 194 Å². The fraction of sp³-hybridized carbons (Fsp3) is 0. The molecule has 0 aliphatic heterocycles. The smallest absolute Gasteiger partial charge is 0.164 e. The van der Waals surface area contributed by atoms with Crippen molar-refractivity contribution >= 4 is 60.2 Å². The molecule has 6 nitrogen and oxygen atoms in total. The number of imidazole rings is 1. The van der Waals surface area contributed by atoms with E-state index < -0.39 is 0 Å². The standard InChI is InChI=1S/C52H32N6/c1-3-13-35(14-4-1)49-54-50(36-15-5-2-6-16-36)56-51(55-49)37-25-23-33(24-26-37)34-27-29-38(30-28-34)57-44-21-11-8-18-41(44)47-46(57)32-31-40-39-17-7-10-20-43(39)58-45-22-12-9-19-42(45)53-52(58)48(40)47/h1-32H.